The Morgan fingerprint density at radius 2 is 1.09 bits per heavy atom. The molecule has 0 bridgehead atoms. The summed E-state index contributed by atoms with van der Waals surface area (Å²) in [5.41, 5.74) is 4.77. The van der Waals surface area contributed by atoms with Crippen molar-refractivity contribution >= 4 is 6.16 Å². The molecule has 0 N–H and O–H groups in total. The van der Waals surface area contributed by atoms with E-state index in [0.29, 0.717) is 11.5 Å². The predicted molar refractivity (Wildman–Crippen MR) is 129 cm³/mol. The fourth-order valence-corrected chi connectivity index (χ4v) is 3.56. The van der Waals surface area contributed by atoms with Gasteiger partial charge in [0.05, 0.1) is 0 Å². The molecule has 4 aromatic carbocycles. The summed E-state index contributed by atoms with van der Waals surface area (Å²) in [6.07, 6.45) is -0.769. The van der Waals surface area contributed by atoms with Gasteiger partial charge in [0, 0.05) is 11.1 Å². The van der Waals surface area contributed by atoms with Gasteiger partial charge in [-0.15, -0.1) is 0 Å². The third-order valence-electron chi connectivity index (χ3n) is 5.29. The number of carbonyl (C=O) groups excluding carboxylic acids is 1. The van der Waals surface area contributed by atoms with Crippen LogP contribution in [0.2, 0.25) is 0 Å². The summed E-state index contributed by atoms with van der Waals surface area (Å²) in [5.74, 6) is 0.919. The lowest BCUT2D eigenvalue weighted by atomic mass is 9.87. The van der Waals surface area contributed by atoms with Crippen LogP contribution < -0.4 is 9.47 Å². The van der Waals surface area contributed by atoms with Gasteiger partial charge in [0.1, 0.15) is 11.5 Å². The first-order chi connectivity index (χ1) is 15.4. The van der Waals surface area contributed by atoms with E-state index in [9.17, 15) is 4.79 Å². The second kappa shape index (κ2) is 9.11. The molecule has 0 atom stereocenters. The maximum atomic E-state index is 12.8. The standard InChI is InChI=1S/C29H26O3/c1-29(2,3)23-17-19-24(20-18-23)31-28(30)32-27-25(21-11-6-4-7-12-21)15-10-16-26(27)22-13-8-5-9-14-22/h4-20H,1-3H3. The highest BCUT2D eigenvalue weighted by molar-refractivity contribution is 5.85. The van der Waals surface area contributed by atoms with Crippen LogP contribution in [-0.2, 0) is 5.41 Å². The summed E-state index contributed by atoms with van der Waals surface area (Å²) in [5, 5.41) is 0. The Bertz CT molecular complexity index is 1130. The minimum absolute atomic E-state index is 0.0260. The molecule has 32 heavy (non-hydrogen) atoms. The highest BCUT2D eigenvalue weighted by atomic mass is 16.7. The average Bonchev–Trinajstić information content (AvgIpc) is 2.80. The van der Waals surface area contributed by atoms with Gasteiger partial charge in [-0.1, -0.05) is 112 Å². The lowest BCUT2D eigenvalue weighted by molar-refractivity contribution is 0.152. The van der Waals surface area contributed by atoms with Crippen molar-refractivity contribution in [1.29, 1.82) is 0 Å². The van der Waals surface area contributed by atoms with Gasteiger partial charge in [0.15, 0.2) is 0 Å². The van der Waals surface area contributed by atoms with Crippen LogP contribution >= 0.6 is 0 Å². The van der Waals surface area contributed by atoms with Gasteiger partial charge in [-0.25, -0.2) is 4.79 Å². The Balaban J connectivity index is 1.66. The topological polar surface area (TPSA) is 35.5 Å². The van der Waals surface area contributed by atoms with Crippen LogP contribution in [0.25, 0.3) is 22.3 Å². The van der Waals surface area contributed by atoms with Crippen LogP contribution in [0.1, 0.15) is 26.3 Å². The number of hydrogen-bond donors (Lipinski definition) is 0. The molecule has 0 heterocycles. The zero-order chi connectivity index (χ0) is 22.6. The summed E-state index contributed by atoms with van der Waals surface area (Å²) in [6, 6.07) is 33.1. The highest BCUT2D eigenvalue weighted by Gasteiger charge is 2.19. The van der Waals surface area contributed by atoms with Crippen LogP contribution in [0.3, 0.4) is 0 Å². The van der Waals surface area contributed by atoms with E-state index in [1.807, 2.05) is 91.0 Å². The number of rotatable bonds is 4. The zero-order valence-corrected chi connectivity index (χ0v) is 18.5. The van der Waals surface area contributed by atoms with E-state index in [2.05, 4.69) is 20.8 Å². The SMILES string of the molecule is CC(C)(C)c1ccc(OC(=O)Oc2c(-c3ccccc3)cccc2-c2ccccc2)cc1. The van der Waals surface area contributed by atoms with Crippen molar-refractivity contribution in [1.82, 2.24) is 0 Å². The highest BCUT2D eigenvalue weighted by Crippen LogP contribution is 2.39. The summed E-state index contributed by atoms with van der Waals surface area (Å²) >= 11 is 0. The van der Waals surface area contributed by atoms with Gasteiger partial charge in [-0.3, -0.25) is 0 Å². The van der Waals surface area contributed by atoms with E-state index >= 15 is 0 Å². The molecule has 0 aliphatic carbocycles. The number of hydrogen-bond acceptors (Lipinski definition) is 3. The fraction of sp³-hybridized carbons (Fsp3) is 0.138. The number of ether oxygens (including phenoxy) is 2. The van der Waals surface area contributed by atoms with E-state index in [-0.39, 0.29) is 5.41 Å². The lowest BCUT2D eigenvalue weighted by Gasteiger charge is -2.19. The molecule has 0 fully saturated rings. The van der Waals surface area contributed by atoms with Crippen LogP contribution in [0.5, 0.6) is 11.5 Å². The first-order valence-corrected chi connectivity index (χ1v) is 10.7. The van der Waals surface area contributed by atoms with Crippen molar-refractivity contribution in [2.75, 3.05) is 0 Å². The monoisotopic (exact) mass is 422 g/mol. The Morgan fingerprint density at radius 3 is 1.56 bits per heavy atom. The maximum Gasteiger partial charge on any atom is 0.519 e. The molecule has 0 aromatic heterocycles. The first-order valence-electron chi connectivity index (χ1n) is 10.7. The van der Waals surface area contributed by atoms with Crippen LogP contribution in [-0.4, -0.2) is 6.16 Å². The normalized spacial score (nSPS) is 11.1. The van der Waals surface area contributed by atoms with Gasteiger partial charge in [0.25, 0.3) is 0 Å². The molecule has 0 amide bonds. The summed E-state index contributed by atoms with van der Waals surface area (Å²) in [6.45, 7) is 6.42. The van der Waals surface area contributed by atoms with Gasteiger partial charge in [0.2, 0.25) is 0 Å². The molecule has 0 aliphatic heterocycles. The Morgan fingerprint density at radius 1 is 0.594 bits per heavy atom. The van der Waals surface area contributed by atoms with Gasteiger partial charge < -0.3 is 9.47 Å². The first kappa shape index (κ1) is 21.4. The van der Waals surface area contributed by atoms with E-state index < -0.39 is 6.16 Å². The second-order valence-corrected chi connectivity index (χ2v) is 8.64. The Labute approximate surface area is 189 Å². The zero-order valence-electron chi connectivity index (χ0n) is 18.5. The Hall–Kier alpha value is -3.85. The fourth-order valence-electron chi connectivity index (χ4n) is 3.56. The molecule has 4 rings (SSSR count). The molecule has 0 unspecified atom stereocenters. The third-order valence-corrected chi connectivity index (χ3v) is 5.29. The molecule has 0 aliphatic rings. The van der Waals surface area contributed by atoms with Gasteiger partial charge in [-0.05, 0) is 34.2 Å². The largest absolute Gasteiger partial charge is 0.519 e. The lowest BCUT2D eigenvalue weighted by Crippen LogP contribution is -2.15. The van der Waals surface area contributed by atoms with E-state index in [0.717, 1.165) is 22.3 Å². The molecule has 3 nitrogen and oxygen atoms in total. The minimum Gasteiger partial charge on any atom is -0.395 e. The van der Waals surface area contributed by atoms with Crippen molar-refractivity contribution in [3.05, 3.63) is 109 Å². The molecule has 3 heteroatoms. The molecule has 160 valence electrons. The van der Waals surface area contributed by atoms with E-state index in [1.54, 1.807) is 12.1 Å². The quantitative estimate of drug-likeness (QED) is 0.248. The van der Waals surface area contributed by atoms with Gasteiger partial charge >= 0.3 is 6.16 Å². The third kappa shape index (κ3) is 4.89. The van der Waals surface area contributed by atoms with Crippen molar-refractivity contribution in [2.45, 2.75) is 26.2 Å². The minimum atomic E-state index is -0.769. The molecule has 0 radical (unpaired) electrons. The van der Waals surface area contributed by atoms with Crippen molar-refractivity contribution in [2.24, 2.45) is 0 Å². The van der Waals surface area contributed by atoms with Crippen molar-refractivity contribution in [3.63, 3.8) is 0 Å². The average molecular weight is 423 g/mol. The van der Waals surface area contributed by atoms with Crippen molar-refractivity contribution in [3.8, 4) is 33.8 Å². The smallest absolute Gasteiger partial charge is 0.395 e. The number of benzene rings is 4. The molecule has 4 aromatic rings. The summed E-state index contributed by atoms with van der Waals surface area (Å²) < 4.78 is 11.3. The summed E-state index contributed by atoms with van der Waals surface area (Å²) in [4.78, 5) is 12.8. The Kier molecular flexibility index (Phi) is 6.09. The van der Waals surface area contributed by atoms with Crippen molar-refractivity contribution < 1.29 is 14.3 Å². The molecular formula is C29H26O3. The molecular weight excluding hydrogens is 396 g/mol. The molecule has 0 spiro atoms. The number of carbonyl (C=O) groups is 1. The van der Waals surface area contributed by atoms with Crippen LogP contribution in [0.4, 0.5) is 4.79 Å². The van der Waals surface area contributed by atoms with Crippen LogP contribution in [0.15, 0.2) is 103 Å². The molecule has 0 saturated carbocycles. The van der Waals surface area contributed by atoms with E-state index in [1.165, 1.54) is 5.56 Å². The van der Waals surface area contributed by atoms with Gasteiger partial charge in [-0.2, -0.15) is 0 Å². The molecule has 0 saturated heterocycles. The predicted octanol–water partition coefficient (Wildman–Crippen LogP) is 7.90. The number of para-hydroxylation sites is 1. The van der Waals surface area contributed by atoms with E-state index in [4.69, 9.17) is 9.47 Å². The maximum absolute atomic E-state index is 12.8. The van der Waals surface area contributed by atoms with Crippen LogP contribution in [0, 0.1) is 0 Å². The second-order valence-electron chi connectivity index (χ2n) is 8.64. The summed E-state index contributed by atoms with van der Waals surface area (Å²) in [7, 11) is 0.